The molecule has 32 heavy (non-hydrogen) atoms. The number of fused-ring (bicyclic) bond motifs is 1. The minimum atomic E-state index is -0.586. The third-order valence-electron chi connectivity index (χ3n) is 6.28. The molecule has 2 amide bonds. The lowest BCUT2D eigenvalue weighted by Gasteiger charge is -2.38. The molecule has 5 nitrogen and oxygen atoms in total. The van der Waals surface area contributed by atoms with E-state index in [2.05, 4.69) is 61.3 Å². The maximum absolute atomic E-state index is 13.2. The second-order valence-corrected chi connectivity index (χ2v) is 9.63. The Bertz CT molecular complexity index is 996. The first-order valence-electron chi connectivity index (χ1n) is 11.8. The van der Waals surface area contributed by atoms with Gasteiger partial charge in [0, 0.05) is 19.0 Å². The minimum absolute atomic E-state index is 0.114. The summed E-state index contributed by atoms with van der Waals surface area (Å²) in [6, 6.07) is 14.3. The number of nitrogens with zero attached hydrogens (tertiary/aromatic N) is 1. The van der Waals surface area contributed by atoms with Crippen molar-refractivity contribution in [1.82, 2.24) is 10.2 Å². The molecule has 5 heteroatoms. The first-order chi connectivity index (χ1) is 15.3. The highest BCUT2D eigenvalue weighted by molar-refractivity contribution is 5.82. The van der Waals surface area contributed by atoms with Gasteiger partial charge in [0.05, 0.1) is 6.04 Å². The molecule has 4 rings (SSSR count). The highest BCUT2D eigenvalue weighted by Crippen LogP contribution is 2.41. The van der Waals surface area contributed by atoms with Gasteiger partial charge in [-0.25, -0.2) is 0 Å². The standard InChI is InChI=1S/C27H34N2O3/c1-17(2)16-28-26(30)19(4)32-23-11-10-20-12-13-29(27(31)21-8-9-21)25(24(20)15-23)22-7-5-6-18(3)14-22/h5-7,10-11,14-15,17,19,21,25H,8-9,12-13,16H2,1-4H3,(H,28,30)/t19-,25-/m0/s1. The summed E-state index contributed by atoms with van der Waals surface area (Å²) in [7, 11) is 0. The normalized spacial score (nSPS) is 18.8. The molecule has 2 aromatic rings. The Kier molecular flexibility index (Phi) is 6.54. The van der Waals surface area contributed by atoms with E-state index in [0.29, 0.717) is 18.2 Å². The Hall–Kier alpha value is -2.82. The molecule has 1 N–H and O–H groups in total. The summed E-state index contributed by atoms with van der Waals surface area (Å²) in [4.78, 5) is 27.6. The Labute approximate surface area is 191 Å². The van der Waals surface area contributed by atoms with Crippen molar-refractivity contribution in [1.29, 1.82) is 0 Å². The van der Waals surface area contributed by atoms with E-state index in [1.165, 1.54) is 11.1 Å². The summed E-state index contributed by atoms with van der Waals surface area (Å²) < 4.78 is 6.02. The van der Waals surface area contributed by atoms with Crippen LogP contribution >= 0.6 is 0 Å². The first kappa shape index (κ1) is 22.4. The van der Waals surface area contributed by atoms with Crippen LogP contribution in [-0.2, 0) is 16.0 Å². The number of aryl methyl sites for hydroxylation is 1. The molecule has 1 saturated carbocycles. The Morgan fingerprint density at radius 2 is 1.91 bits per heavy atom. The fourth-order valence-corrected chi connectivity index (χ4v) is 4.37. The van der Waals surface area contributed by atoms with E-state index in [0.717, 1.165) is 36.9 Å². The molecule has 170 valence electrons. The van der Waals surface area contributed by atoms with Crippen LogP contribution in [0.2, 0.25) is 0 Å². The summed E-state index contributed by atoms with van der Waals surface area (Å²) >= 11 is 0. The van der Waals surface area contributed by atoms with Crippen LogP contribution in [0.1, 0.15) is 61.9 Å². The monoisotopic (exact) mass is 434 g/mol. The first-order valence-corrected chi connectivity index (χ1v) is 11.8. The molecule has 0 aromatic heterocycles. The van der Waals surface area contributed by atoms with Crippen molar-refractivity contribution in [3.8, 4) is 5.75 Å². The molecule has 0 bridgehead atoms. The Balaban J connectivity index is 1.63. The number of nitrogens with one attached hydrogen (secondary N) is 1. The van der Waals surface area contributed by atoms with Crippen LogP contribution in [0.15, 0.2) is 42.5 Å². The van der Waals surface area contributed by atoms with Gasteiger partial charge < -0.3 is 15.0 Å². The Morgan fingerprint density at radius 3 is 2.59 bits per heavy atom. The largest absolute Gasteiger partial charge is 0.481 e. The highest BCUT2D eigenvalue weighted by atomic mass is 16.5. The summed E-state index contributed by atoms with van der Waals surface area (Å²) in [5.74, 6) is 1.37. The fraction of sp³-hybridized carbons (Fsp3) is 0.481. The molecule has 2 atom stereocenters. The number of rotatable bonds is 7. The van der Waals surface area contributed by atoms with Gasteiger partial charge in [0.1, 0.15) is 5.75 Å². The van der Waals surface area contributed by atoms with Gasteiger partial charge in [-0.1, -0.05) is 49.7 Å². The van der Waals surface area contributed by atoms with Crippen LogP contribution in [0.5, 0.6) is 5.75 Å². The van der Waals surface area contributed by atoms with Gasteiger partial charge in [0.2, 0.25) is 5.91 Å². The molecule has 0 spiro atoms. The van der Waals surface area contributed by atoms with Gasteiger partial charge in [-0.3, -0.25) is 9.59 Å². The van der Waals surface area contributed by atoms with E-state index in [1.807, 2.05) is 12.1 Å². The molecule has 1 heterocycles. The minimum Gasteiger partial charge on any atom is -0.481 e. The maximum Gasteiger partial charge on any atom is 0.260 e. The van der Waals surface area contributed by atoms with Gasteiger partial charge in [-0.05, 0) is 67.9 Å². The highest BCUT2D eigenvalue weighted by Gasteiger charge is 2.39. The van der Waals surface area contributed by atoms with Gasteiger partial charge >= 0.3 is 0 Å². The van der Waals surface area contributed by atoms with Gasteiger partial charge in [-0.15, -0.1) is 0 Å². The zero-order valence-electron chi connectivity index (χ0n) is 19.6. The van der Waals surface area contributed by atoms with E-state index in [1.54, 1.807) is 6.92 Å². The third-order valence-corrected chi connectivity index (χ3v) is 6.28. The lowest BCUT2D eigenvalue weighted by Crippen LogP contribution is -2.41. The van der Waals surface area contributed by atoms with Crippen LogP contribution in [0.3, 0.4) is 0 Å². The predicted molar refractivity (Wildman–Crippen MR) is 126 cm³/mol. The molecule has 1 aliphatic heterocycles. The van der Waals surface area contributed by atoms with E-state index in [9.17, 15) is 9.59 Å². The number of ether oxygens (including phenoxy) is 1. The van der Waals surface area contributed by atoms with Crippen LogP contribution in [0, 0.1) is 18.8 Å². The van der Waals surface area contributed by atoms with Gasteiger partial charge in [-0.2, -0.15) is 0 Å². The molecular weight excluding hydrogens is 400 g/mol. The van der Waals surface area contributed by atoms with Crippen LogP contribution < -0.4 is 10.1 Å². The van der Waals surface area contributed by atoms with Gasteiger partial charge in [0.25, 0.3) is 5.91 Å². The second-order valence-electron chi connectivity index (χ2n) is 9.63. The number of benzene rings is 2. The average Bonchev–Trinajstić information content (AvgIpc) is 3.61. The maximum atomic E-state index is 13.2. The number of carbonyl (C=O) groups excluding carboxylic acids is 2. The smallest absolute Gasteiger partial charge is 0.260 e. The molecule has 0 radical (unpaired) electrons. The Morgan fingerprint density at radius 1 is 1.12 bits per heavy atom. The molecule has 0 saturated heterocycles. The average molecular weight is 435 g/mol. The van der Waals surface area contributed by atoms with E-state index >= 15 is 0 Å². The topological polar surface area (TPSA) is 58.6 Å². The van der Waals surface area contributed by atoms with Crippen molar-refractivity contribution in [3.63, 3.8) is 0 Å². The van der Waals surface area contributed by atoms with Crippen molar-refractivity contribution in [2.24, 2.45) is 11.8 Å². The molecule has 1 fully saturated rings. The summed E-state index contributed by atoms with van der Waals surface area (Å²) in [5.41, 5.74) is 4.64. The van der Waals surface area contributed by atoms with E-state index in [-0.39, 0.29) is 23.8 Å². The molecule has 1 aliphatic carbocycles. The van der Waals surface area contributed by atoms with Crippen molar-refractivity contribution >= 4 is 11.8 Å². The zero-order valence-corrected chi connectivity index (χ0v) is 19.6. The van der Waals surface area contributed by atoms with Crippen molar-refractivity contribution < 1.29 is 14.3 Å². The van der Waals surface area contributed by atoms with E-state index < -0.39 is 6.10 Å². The quantitative estimate of drug-likeness (QED) is 0.702. The van der Waals surface area contributed by atoms with Crippen LogP contribution in [0.25, 0.3) is 0 Å². The zero-order chi connectivity index (χ0) is 22.8. The number of hydrogen-bond donors (Lipinski definition) is 1. The molecular formula is C27H34N2O3. The lowest BCUT2D eigenvalue weighted by atomic mass is 9.87. The van der Waals surface area contributed by atoms with E-state index in [4.69, 9.17) is 4.74 Å². The lowest BCUT2D eigenvalue weighted by molar-refractivity contribution is -0.134. The summed E-state index contributed by atoms with van der Waals surface area (Å²) in [6.45, 7) is 9.34. The summed E-state index contributed by atoms with van der Waals surface area (Å²) in [6.07, 6.45) is 2.24. The fourth-order valence-electron chi connectivity index (χ4n) is 4.37. The van der Waals surface area contributed by atoms with Gasteiger partial charge in [0.15, 0.2) is 6.10 Å². The molecule has 0 unspecified atom stereocenters. The van der Waals surface area contributed by atoms with Crippen molar-refractivity contribution in [2.45, 2.75) is 59.1 Å². The van der Waals surface area contributed by atoms with Crippen LogP contribution in [0.4, 0.5) is 0 Å². The number of carbonyl (C=O) groups is 2. The third kappa shape index (κ3) is 4.98. The number of hydrogen-bond acceptors (Lipinski definition) is 3. The number of amides is 2. The molecule has 2 aliphatic rings. The predicted octanol–water partition coefficient (Wildman–Crippen LogP) is 4.42. The summed E-state index contributed by atoms with van der Waals surface area (Å²) in [5, 5.41) is 2.93. The van der Waals surface area contributed by atoms with Crippen molar-refractivity contribution in [2.75, 3.05) is 13.1 Å². The SMILES string of the molecule is Cc1cccc([C@H]2c3cc(O[C@@H](C)C(=O)NCC(C)C)ccc3CCN2C(=O)C2CC2)c1. The van der Waals surface area contributed by atoms with Crippen molar-refractivity contribution in [3.05, 3.63) is 64.7 Å². The second kappa shape index (κ2) is 9.35. The van der Waals surface area contributed by atoms with Crippen LogP contribution in [-0.4, -0.2) is 35.9 Å². The molecule has 2 aromatic carbocycles.